The molecule has 0 aliphatic rings. The fraction of sp³-hybridized carbons (Fsp3) is 0.214. The van der Waals surface area contributed by atoms with Gasteiger partial charge in [0.2, 0.25) is 0 Å². The number of nitrogens with zero attached hydrogens (tertiary/aromatic N) is 4. The second kappa shape index (κ2) is 14.1. The average Bonchev–Trinajstić information content (AvgIpc) is 2.89. The summed E-state index contributed by atoms with van der Waals surface area (Å²) >= 11 is 0. The first-order valence-corrected chi connectivity index (χ1v) is 11.9. The molecular weight excluding hydrogens is 452 g/mol. The first-order chi connectivity index (χ1) is 17.5. The van der Waals surface area contributed by atoms with Crippen molar-refractivity contribution in [1.29, 1.82) is 0 Å². The fourth-order valence-corrected chi connectivity index (χ4v) is 3.60. The highest BCUT2D eigenvalue weighted by Crippen LogP contribution is 2.07. The van der Waals surface area contributed by atoms with E-state index < -0.39 is 12.1 Å². The van der Waals surface area contributed by atoms with E-state index in [4.69, 9.17) is 11.5 Å². The van der Waals surface area contributed by atoms with Gasteiger partial charge in [0.05, 0.1) is 12.4 Å². The van der Waals surface area contributed by atoms with Crippen LogP contribution in [-0.2, 0) is 12.8 Å². The molecule has 0 aliphatic carbocycles. The molecule has 0 spiro atoms. The Labute approximate surface area is 211 Å². The van der Waals surface area contributed by atoms with Crippen molar-refractivity contribution in [2.24, 2.45) is 21.7 Å². The van der Waals surface area contributed by atoms with Gasteiger partial charge in [0.1, 0.15) is 0 Å². The van der Waals surface area contributed by atoms with Gasteiger partial charge in [0.25, 0.3) is 0 Å². The van der Waals surface area contributed by atoms with Crippen molar-refractivity contribution >= 4 is 24.5 Å². The highest BCUT2D eigenvalue weighted by Gasteiger charge is 2.08. The minimum atomic E-state index is -0.607. The van der Waals surface area contributed by atoms with Gasteiger partial charge in [-0.15, -0.1) is 0 Å². The quantitative estimate of drug-likeness (QED) is 0.293. The zero-order valence-corrected chi connectivity index (χ0v) is 20.2. The number of aryl methyl sites for hydroxylation is 2. The zero-order chi connectivity index (χ0) is 25.6. The molecule has 0 unspecified atom stereocenters. The first-order valence-electron chi connectivity index (χ1n) is 11.9. The molecule has 0 aliphatic heterocycles. The smallest absolute Gasteiger partial charge is 0.335 e. The third kappa shape index (κ3) is 9.06. The minimum Gasteiger partial charge on any atom is -0.350 e. The lowest BCUT2D eigenvalue weighted by Gasteiger charge is -2.14. The first kappa shape index (κ1) is 26.2. The third-order valence-corrected chi connectivity index (χ3v) is 5.47. The lowest BCUT2D eigenvalue weighted by Crippen LogP contribution is -2.32. The van der Waals surface area contributed by atoms with E-state index >= 15 is 0 Å². The Hall–Kier alpha value is -4.46. The number of urea groups is 2. The van der Waals surface area contributed by atoms with E-state index in [1.807, 2.05) is 84.9 Å². The number of benzene rings is 3. The SMILES string of the molecule is NC(=O)N(CCCc1ccccc1)/N=C/c1cccc(/C=N/N(CCCc2ccccc2)C(N)=O)c1. The molecule has 0 radical (unpaired) electrons. The molecule has 3 rings (SSSR count). The van der Waals surface area contributed by atoms with Crippen LogP contribution >= 0.6 is 0 Å². The summed E-state index contributed by atoms with van der Waals surface area (Å²) in [6.45, 7) is 0.830. The number of rotatable bonds is 12. The zero-order valence-electron chi connectivity index (χ0n) is 20.2. The van der Waals surface area contributed by atoms with Crippen molar-refractivity contribution < 1.29 is 9.59 Å². The van der Waals surface area contributed by atoms with Crippen molar-refractivity contribution in [2.75, 3.05) is 13.1 Å². The van der Waals surface area contributed by atoms with E-state index in [1.54, 1.807) is 12.4 Å². The van der Waals surface area contributed by atoms with Crippen molar-refractivity contribution in [3.8, 4) is 0 Å². The predicted molar refractivity (Wildman–Crippen MR) is 144 cm³/mol. The molecule has 0 atom stereocenters. The largest absolute Gasteiger partial charge is 0.350 e. The van der Waals surface area contributed by atoms with Crippen LogP contribution in [0.4, 0.5) is 9.59 Å². The Bertz CT molecular complexity index is 1080. The molecule has 0 heterocycles. The number of amides is 4. The van der Waals surface area contributed by atoms with E-state index in [2.05, 4.69) is 10.2 Å². The van der Waals surface area contributed by atoms with Crippen LogP contribution in [0.3, 0.4) is 0 Å². The number of hydrogen-bond donors (Lipinski definition) is 2. The molecule has 3 aromatic carbocycles. The second-order valence-corrected chi connectivity index (χ2v) is 8.26. The number of nitrogens with two attached hydrogens (primary N) is 2. The van der Waals surface area contributed by atoms with E-state index in [1.165, 1.54) is 21.1 Å². The van der Waals surface area contributed by atoms with Crippen LogP contribution < -0.4 is 11.5 Å². The topological polar surface area (TPSA) is 117 Å². The molecule has 0 saturated carbocycles. The maximum atomic E-state index is 11.8. The maximum Gasteiger partial charge on any atom is 0.335 e. The number of hydrogen-bond acceptors (Lipinski definition) is 4. The Morgan fingerprint density at radius 2 is 1.06 bits per heavy atom. The Morgan fingerprint density at radius 3 is 1.44 bits per heavy atom. The van der Waals surface area contributed by atoms with Crippen LogP contribution in [0.15, 0.2) is 95.1 Å². The summed E-state index contributed by atoms with van der Waals surface area (Å²) in [7, 11) is 0. The maximum absolute atomic E-state index is 11.8. The Balaban J connectivity index is 1.55. The van der Waals surface area contributed by atoms with Gasteiger partial charge in [-0.1, -0.05) is 78.9 Å². The molecule has 4 N–H and O–H groups in total. The Kier molecular flexibility index (Phi) is 10.2. The molecular formula is C28H32N6O2. The average molecular weight is 485 g/mol. The van der Waals surface area contributed by atoms with Gasteiger partial charge in [-0.3, -0.25) is 0 Å². The highest BCUT2D eigenvalue weighted by atomic mass is 16.2. The predicted octanol–water partition coefficient (Wildman–Crippen LogP) is 4.38. The van der Waals surface area contributed by atoms with Crippen LogP contribution in [0.5, 0.6) is 0 Å². The molecule has 3 aromatic rings. The second-order valence-electron chi connectivity index (χ2n) is 8.26. The highest BCUT2D eigenvalue weighted by molar-refractivity contribution is 5.87. The summed E-state index contributed by atoms with van der Waals surface area (Å²) in [6.07, 6.45) is 6.29. The van der Waals surface area contributed by atoms with Crippen LogP contribution in [-0.4, -0.2) is 47.6 Å². The van der Waals surface area contributed by atoms with Crippen LogP contribution in [0.1, 0.15) is 35.1 Å². The van der Waals surface area contributed by atoms with Crippen molar-refractivity contribution in [1.82, 2.24) is 10.0 Å². The van der Waals surface area contributed by atoms with Crippen molar-refractivity contribution in [2.45, 2.75) is 25.7 Å². The summed E-state index contributed by atoms with van der Waals surface area (Å²) in [5, 5.41) is 11.0. The molecule has 0 saturated heterocycles. The van der Waals surface area contributed by atoms with E-state index in [0.29, 0.717) is 13.1 Å². The summed E-state index contributed by atoms with van der Waals surface area (Å²) in [5.74, 6) is 0. The van der Waals surface area contributed by atoms with Gasteiger partial charge in [0, 0.05) is 13.1 Å². The monoisotopic (exact) mass is 484 g/mol. The summed E-state index contributed by atoms with van der Waals surface area (Å²) in [5.41, 5.74) is 14.9. The summed E-state index contributed by atoms with van der Waals surface area (Å²) < 4.78 is 0. The normalized spacial score (nSPS) is 11.1. The number of carbonyl (C=O) groups excluding carboxylic acids is 2. The van der Waals surface area contributed by atoms with Gasteiger partial charge in [0.15, 0.2) is 0 Å². The summed E-state index contributed by atoms with van der Waals surface area (Å²) in [6, 6.07) is 26.3. The van der Waals surface area contributed by atoms with E-state index in [-0.39, 0.29) is 0 Å². The Morgan fingerprint density at radius 1 is 0.639 bits per heavy atom. The van der Waals surface area contributed by atoms with Gasteiger partial charge in [-0.2, -0.15) is 10.2 Å². The number of primary amides is 2. The minimum absolute atomic E-state index is 0.415. The number of carbonyl (C=O) groups is 2. The molecule has 8 heteroatoms. The molecule has 36 heavy (non-hydrogen) atoms. The molecule has 4 amide bonds. The molecule has 0 fully saturated rings. The third-order valence-electron chi connectivity index (χ3n) is 5.47. The van der Waals surface area contributed by atoms with Crippen LogP contribution in [0.2, 0.25) is 0 Å². The van der Waals surface area contributed by atoms with Crippen LogP contribution in [0.25, 0.3) is 0 Å². The van der Waals surface area contributed by atoms with Gasteiger partial charge in [-0.25, -0.2) is 19.6 Å². The van der Waals surface area contributed by atoms with Gasteiger partial charge >= 0.3 is 12.1 Å². The lowest BCUT2D eigenvalue weighted by molar-refractivity contribution is 0.209. The molecule has 0 bridgehead atoms. The lowest BCUT2D eigenvalue weighted by atomic mass is 10.1. The standard InChI is InChI=1S/C28H32N6O2/c29-27(35)33(18-8-16-23-10-3-1-4-11-23)31-21-25-14-7-15-26(20-25)22-32-34(28(30)36)19-9-17-24-12-5-2-6-13-24/h1-7,10-15,20-22H,8-9,16-19H2,(H2,29,35)(H2,30,36)/b31-21+,32-22+. The fourth-order valence-electron chi connectivity index (χ4n) is 3.60. The van der Waals surface area contributed by atoms with Crippen molar-refractivity contribution in [3.05, 3.63) is 107 Å². The molecule has 186 valence electrons. The van der Waals surface area contributed by atoms with Crippen LogP contribution in [0, 0.1) is 0 Å². The van der Waals surface area contributed by atoms with E-state index in [9.17, 15) is 9.59 Å². The van der Waals surface area contributed by atoms with Gasteiger partial charge < -0.3 is 11.5 Å². The summed E-state index contributed by atoms with van der Waals surface area (Å²) in [4.78, 5) is 23.6. The van der Waals surface area contributed by atoms with Crippen molar-refractivity contribution in [3.63, 3.8) is 0 Å². The number of hydrazone groups is 2. The molecule has 0 aromatic heterocycles. The molecule has 8 nitrogen and oxygen atoms in total. The van der Waals surface area contributed by atoms with E-state index in [0.717, 1.165) is 36.8 Å². The van der Waals surface area contributed by atoms with Gasteiger partial charge in [-0.05, 0) is 54.0 Å².